The molecule has 2 rings (SSSR count). The van der Waals surface area contributed by atoms with E-state index >= 15 is 0 Å². The largest absolute Gasteiger partial charge is 0.481 e. The molecule has 1 aliphatic rings. The summed E-state index contributed by atoms with van der Waals surface area (Å²) in [5.74, 6) is -3.87. The Morgan fingerprint density at radius 1 is 1.40 bits per heavy atom. The highest BCUT2D eigenvalue weighted by Gasteiger charge is 2.57. The standard InChI is InChI=1S/C14H16FNO4/c15-9-3-1-2-8(6-9)4-5-14(16,13(19)20)11-7-10(11)12(17)18/h1-3,6,10-11H,4-5,7,16H2,(H,17,18)(H,19,20)/t10-,11-,14?/m0/s1. The number of aryl methyl sites for hydroxylation is 1. The number of aliphatic carboxylic acids is 2. The maximum absolute atomic E-state index is 13.1. The zero-order chi connectivity index (χ0) is 14.9. The summed E-state index contributed by atoms with van der Waals surface area (Å²) in [6.45, 7) is 0. The highest BCUT2D eigenvalue weighted by atomic mass is 19.1. The van der Waals surface area contributed by atoms with Crippen molar-refractivity contribution >= 4 is 11.9 Å². The summed E-state index contributed by atoms with van der Waals surface area (Å²) in [6, 6.07) is 5.86. The third-order valence-electron chi connectivity index (χ3n) is 3.88. The number of nitrogens with two attached hydrogens (primary N) is 1. The van der Waals surface area contributed by atoms with Gasteiger partial charge in [0.05, 0.1) is 5.92 Å². The number of halogens is 1. The van der Waals surface area contributed by atoms with Crippen LogP contribution in [-0.4, -0.2) is 27.7 Å². The van der Waals surface area contributed by atoms with Gasteiger partial charge in [0.25, 0.3) is 0 Å². The van der Waals surface area contributed by atoms with Gasteiger partial charge in [-0.1, -0.05) is 12.1 Å². The van der Waals surface area contributed by atoms with Gasteiger partial charge in [0.2, 0.25) is 0 Å². The summed E-state index contributed by atoms with van der Waals surface area (Å²) in [5, 5.41) is 18.2. The second-order valence-electron chi connectivity index (χ2n) is 5.26. The molecule has 108 valence electrons. The first-order valence-corrected chi connectivity index (χ1v) is 6.34. The maximum Gasteiger partial charge on any atom is 0.324 e. The molecule has 0 radical (unpaired) electrons. The Labute approximate surface area is 115 Å². The molecule has 1 aromatic carbocycles. The number of benzene rings is 1. The Morgan fingerprint density at radius 3 is 2.60 bits per heavy atom. The van der Waals surface area contributed by atoms with Crippen molar-refractivity contribution in [2.24, 2.45) is 17.6 Å². The lowest BCUT2D eigenvalue weighted by molar-refractivity contribution is -0.145. The van der Waals surface area contributed by atoms with E-state index in [1.807, 2.05) is 0 Å². The Bertz CT molecular complexity index is 548. The molecule has 0 saturated heterocycles. The predicted molar refractivity (Wildman–Crippen MR) is 68.5 cm³/mol. The topological polar surface area (TPSA) is 101 Å². The molecular weight excluding hydrogens is 265 g/mol. The van der Waals surface area contributed by atoms with Gasteiger partial charge < -0.3 is 15.9 Å². The van der Waals surface area contributed by atoms with E-state index in [9.17, 15) is 19.1 Å². The fourth-order valence-electron chi connectivity index (χ4n) is 2.53. The normalized spacial score (nSPS) is 23.9. The molecule has 6 heteroatoms. The number of hydrogen-bond acceptors (Lipinski definition) is 3. The van der Waals surface area contributed by atoms with E-state index in [2.05, 4.69) is 0 Å². The highest BCUT2D eigenvalue weighted by Crippen LogP contribution is 2.47. The van der Waals surface area contributed by atoms with Crippen molar-refractivity contribution in [2.75, 3.05) is 0 Å². The maximum atomic E-state index is 13.1. The average Bonchev–Trinajstić information content (AvgIpc) is 3.16. The molecule has 0 spiro atoms. The lowest BCUT2D eigenvalue weighted by atomic mass is 9.86. The van der Waals surface area contributed by atoms with Crippen molar-refractivity contribution in [3.63, 3.8) is 0 Å². The minimum absolute atomic E-state index is 0.0836. The molecule has 1 aromatic rings. The van der Waals surface area contributed by atoms with Crippen LogP contribution in [0.15, 0.2) is 24.3 Å². The van der Waals surface area contributed by atoms with Gasteiger partial charge in [0.1, 0.15) is 11.4 Å². The van der Waals surface area contributed by atoms with Gasteiger partial charge in [-0.3, -0.25) is 9.59 Å². The van der Waals surface area contributed by atoms with Gasteiger partial charge in [-0.25, -0.2) is 4.39 Å². The van der Waals surface area contributed by atoms with Gasteiger partial charge >= 0.3 is 11.9 Å². The van der Waals surface area contributed by atoms with Crippen molar-refractivity contribution < 1.29 is 24.2 Å². The van der Waals surface area contributed by atoms with E-state index < -0.39 is 35.1 Å². The van der Waals surface area contributed by atoms with Gasteiger partial charge in [-0.05, 0) is 37.0 Å². The summed E-state index contributed by atoms with van der Waals surface area (Å²) in [7, 11) is 0. The van der Waals surface area contributed by atoms with Crippen LogP contribution in [0.5, 0.6) is 0 Å². The number of carboxylic acids is 2. The average molecular weight is 281 g/mol. The van der Waals surface area contributed by atoms with E-state index in [-0.39, 0.29) is 12.8 Å². The Morgan fingerprint density at radius 2 is 2.10 bits per heavy atom. The van der Waals surface area contributed by atoms with Gasteiger partial charge in [0, 0.05) is 5.92 Å². The summed E-state index contributed by atoms with van der Waals surface area (Å²) in [5.41, 5.74) is 4.98. The molecule has 4 N–H and O–H groups in total. The second-order valence-corrected chi connectivity index (χ2v) is 5.26. The summed E-state index contributed by atoms with van der Waals surface area (Å²) in [4.78, 5) is 22.2. The van der Waals surface area contributed by atoms with Gasteiger partial charge in [-0.15, -0.1) is 0 Å². The Hall–Kier alpha value is -1.95. The number of carboxylic acid groups (broad SMARTS) is 2. The van der Waals surface area contributed by atoms with E-state index in [0.29, 0.717) is 12.0 Å². The fraction of sp³-hybridized carbons (Fsp3) is 0.429. The van der Waals surface area contributed by atoms with Crippen molar-refractivity contribution in [2.45, 2.75) is 24.8 Å². The number of hydrogen-bond donors (Lipinski definition) is 3. The molecule has 1 saturated carbocycles. The Balaban J connectivity index is 2.07. The van der Waals surface area contributed by atoms with E-state index in [1.54, 1.807) is 12.1 Å². The van der Waals surface area contributed by atoms with Crippen LogP contribution in [0.1, 0.15) is 18.4 Å². The molecule has 0 amide bonds. The molecular formula is C14H16FNO4. The lowest BCUT2D eigenvalue weighted by Gasteiger charge is -2.25. The fourth-order valence-corrected chi connectivity index (χ4v) is 2.53. The Kier molecular flexibility index (Phi) is 3.76. The van der Waals surface area contributed by atoms with Gasteiger partial charge in [-0.2, -0.15) is 0 Å². The van der Waals surface area contributed by atoms with Gasteiger partial charge in [0.15, 0.2) is 0 Å². The minimum Gasteiger partial charge on any atom is -0.481 e. The molecule has 0 aliphatic heterocycles. The van der Waals surface area contributed by atoms with Crippen LogP contribution in [0.25, 0.3) is 0 Å². The van der Waals surface area contributed by atoms with Crippen molar-refractivity contribution in [1.82, 2.24) is 0 Å². The SMILES string of the molecule is NC(CCc1cccc(F)c1)(C(=O)O)[C@H]1C[C@@H]1C(=O)O. The van der Waals surface area contributed by atoms with Crippen LogP contribution in [0.4, 0.5) is 4.39 Å². The number of rotatable bonds is 6. The number of carbonyl (C=O) groups is 2. The molecule has 1 aliphatic carbocycles. The molecule has 0 heterocycles. The minimum atomic E-state index is -1.57. The molecule has 3 atom stereocenters. The van der Waals surface area contributed by atoms with E-state index in [0.717, 1.165) is 0 Å². The molecule has 1 fully saturated rings. The molecule has 1 unspecified atom stereocenters. The van der Waals surface area contributed by atoms with Crippen LogP contribution in [0.2, 0.25) is 0 Å². The molecule has 0 aromatic heterocycles. The monoisotopic (exact) mass is 281 g/mol. The lowest BCUT2D eigenvalue weighted by Crippen LogP contribution is -2.51. The first-order valence-electron chi connectivity index (χ1n) is 6.34. The van der Waals surface area contributed by atoms with Crippen LogP contribution in [0, 0.1) is 17.7 Å². The molecule has 20 heavy (non-hydrogen) atoms. The zero-order valence-electron chi connectivity index (χ0n) is 10.8. The third-order valence-corrected chi connectivity index (χ3v) is 3.88. The van der Waals surface area contributed by atoms with E-state index in [1.165, 1.54) is 12.1 Å². The predicted octanol–water partition coefficient (Wildman–Crippen LogP) is 1.26. The van der Waals surface area contributed by atoms with Crippen LogP contribution >= 0.6 is 0 Å². The second kappa shape index (κ2) is 5.20. The smallest absolute Gasteiger partial charge is 0.324 e. The van der Waals surface area contributed by atoms with Crippen LogP contribution in [0.3, 0.4) is 0 Å². The van der Waals surface area contributed by atoms with Crippen molar-refractivity contribution in [3.8, 4) is 0 Å². The molecule has 5 nitrogen and oxygen atoms in total. The first-order chi connectivity index (χ1) is 9.34. The van der Waals surface area contributed by atoms with Crippen molar-refractivity contribution in [3.05, 3.63) is 35.6 Å². The first kappa shape index (κ1) is 14.5. The third kappa shape index (κ3) is 2.80. The van der Waals surface area contributed by atoms with Crippen LogP contribution in [-0.2, 0) is 16.0 Å². The molecule has 0 bridgehead atoms. The highest BCUT2D eigenvalue weighted by molar-refractivity contribution is 5.83. The zero-order valence-corrected chi connectivity index (χ0v) is 10.8. The quantitative estimate of drug-likeness (QED) is 0.728. The summed E-state index contributed by atoms with van der Waals surface area (Å²) in [6.07, 6.45) is 0.658. The van der Waals surface area contributed by atoms with Crippen LogP contribution < -0.4 is 5.73 Å². The van der Waals surface area contributed by atoms with E-state index in [4.69, 9.17) is 10.8 Å². The summed E-state index contributed by atoms with van der Waals surface area (Å²) < 4.78 is 13.1. The van der Waals surface area contributed by atoms with Crippen molar-refractivity contribution in [1.29, 1.82) is 0 Å². The summed E-state index contributed by atoms with van der Waals surface area (Å²) >= 11 is 0.